The van der Waals surface area contributed by atoms with Crippen LogP contribution in [0.1, 0.15) is 285 Å². The number of aliphatic hydroxyl groups excluding tert-OH is 3. The summed E-state index contributed by atoms with van der Waals surface area (Å²) in [4.78, 5) is 41.4. The molecule has 0 radical (unpaired) electrons. The van der Waals surface area contributed by atoms with Gasteiger partial charge in [-0.1, -0.05) is 158 Å². The minimum atomic E-state index is -0.633. The van der Waals surface area contributed by atoms with Gasteiger partial charge in [-0.05, 0) is 332 Å². The van der Waals surface area contributed by atoms with E-state index >= 15 is 0 Å². The fourth-order valence-electron chi connectivity index (χ4n) is 23.4. The topological polar surface area (TPSA) is 152 Å². The summed E-state index contributed by atoms with van der Waals surface area (Å²) in [5, 5.41) is 24.6. The monoisotopic (exact) mass is 1690 g/mol. The van der Waals surface area contributed by atoms with Crippen molar-refractivity contribution in [2.75, 3.05) is 19.1 Å². The first-order valence-corrected chi connectivity index (χ1v) is 44.9. The molecule has 9 saturated carbocycles. The lowest BCUT2D eigenvalue weighted by molar-refractivity contribution is -0.149. The van der Waals surface area contributed by atoms with Gasteiger partial charge in [0.15, 0.2) is 0 Å². The normalized spacial score (nSPS) is 39.1. The van der Waals surface area contributed by atoms with Gasteiger partial charge in [0, 0.05) is 33.3 Å². The number of hydrogen-bond acceptors (Lipinski definition) is 12. The first-order valence-electron chi connectivity index (χ1n) is 41.5. The third-order valence-corrected chi connectivity index (χ3v) is 31.0. The Labute approximate surface area is 677 Å². The number of ether oxygens (including phenoxy) is 3. The van der Waals surface area contributed by atoms with Crippen LogP contribution in [0.2, 0.25) is 0 Å². The summed E-state index contributed by atoms with van der Waals surface area (Å²) in [5.74, 6) is 11.0. The molecule has 3 heterocycles. The third kappa shape index (κ3) is 22.6. The molecular weight excluding hydrogens is 1540 g/mol. The van der Waals surface area contributed by atoms with Crippen molar-refractivity contribution in [1.29, 1.82) is 1.43 Å². The Bertz CT molecular complexity index is 3100. The Morgan fingerprint density at radius 2 is 1.05 bits per heavy atom. The number of aliphatic hydroxyl groups is 3. The summed E-state index contributed by atoms with van der Waals surface area (Å²) in [6.45, 7) is 36.2. The van der Waals surface area contributed by atoms with E-state index < -0.39 is 12.2 Å². The highest BCUT2D eigenvalue weighted by molar-refractivity contribution is 9.11. The fraction of sp³-hybridized carbons (Fsp3) is 0.789. The molecule has 12 aliphatic rings. The SMILES string of the molecule is C.C=C1/C(=C\C=C2/CCC[C@@]3(C)C2CC[C@@H]3[C@H](C)CC2CC(C)(C)C(=O)O2)C[C@@H](O)C[C@@H]1O.CS.C[C@H](CC1CC(C)(C)C(=O)O1)[C@H]1CCC2/C(=C/Br)CCC[C@@]21C.C[C@H](CC1CO1)[C@H]1CCC2/C(=C/Br)CCC[C@@]21C.C[C@H](CC=O)[C@H]1CCC2/C(=C/Br)CCC[C@@]21C.[3H]CSO[C@H](CC#C)C[C@@H](C=C)O[3H]. The maximum atomic E-state index is 12.1. The first-order chi connectivity index (χ1) is 50.3. The van der Waals surface area contributed by atoms with Crippen LogP contribution < -0.4 is 0 Å². The van der Waals surface area contributed by atoms with E-state index in [2.05, 4.69) is 167 Å². The predicted octanol–water partition coefficient (Wildman–Crippen LogP) is 23.8. The second-order valence-electron chi connectivity index (χ2n) is 36.5. The molecule has 7 unspecified atom stereocenters. The van der Waals surface area contributed by atoms with Crippen LogP contribution in [-0.2, 0) is 32.8 Å². The molecule has 0 aromatic carbocycles. The zero-order valence-electron chi connectivity index (χ0n) is 68.3. The maximum absolute atomic E-state index is 12.1. The minimum Gasteiger partial charge on any atom is -0.462 e. The number of thiol groups is 1. The van der Waals surface area contributed by atoms with E-state index in [0.717, 1.165) is 116 Å². The molecule has 10 nitrogen and oxygen atoms in total. The summed E-state index contributed by atoms with van der Waals surface area (Å²) < 4.78 is 35.7. The summed E-state index contributed by atoms with van der Waals surface area (Å²) in [5.41, 5.74) is 9.31. The van der Waals surface area contributed by atoms with E-state index in [1.165, 1.54) is 140 Å². The lowest BCUT2D eigenvalue weighted by Gasteiger charge is -2.44. The summed E-state index contributed by atoms with van der Waals surface area (Å²) in [6, 6.07) is 0. The molecule has 12 fully saturated rings. The predicted molar refractivity (Wildman–Crippen MR) is 452 cm³/mol. The number of esters is 2. The second kappa shape index (κ2) is 41.4. The first kappa shape index (κ1) is 88.8. The largest absolute Gasteiger partial charge is 0.462 e. The van der Waals surface area contributed by atoms with E-state index in [1.54, 1.807) is 23.0 Å². The molecule has 3 N–H and O–H groups in total. The van der Waals surface area contributed by atoms with Gasteiger partial charge >= 0.3 is 11.9 Å². The van der Waals surface area contributed by atoms with E-state index in [1.807, 2.05) is 27.7 Å². The number of fused-ring (bicyclic) bond motifs is 4. The van der Waals surface area contributed by atoms with Crippen LogP contribution in [0.25, 0.3) is 0 Å². The Morgan fingerprint density at radius 1 is 0.657 bits per heavy atom. The number of terminal acetylenes is 1. The number of hydrogen-bond donors (Lipinski definition) is 4. The highest BCUT2D eigenvalue weighted by Gasteiger charge is 2.56. The number of allylic oxidation sites excluding steroid dienone is 6. The molecule has 3 aliphatic heterocycles. The van der Waals surface area contributed by atoms with Crippen molar-refractivity contribution in [2.24, 2.45) is 104 Å². The third-order valence-electron chi connectivity index (χ3n) is 28.8. The van der Waals surface area contributed by atoms with E-state index in [-0.39, 0.29) is 60.8 Å². The Balaban J connectivity index is 0.000000214. The van der Waals surface area contributed by atoms with Crippen molar-refractivity contribution in [2.45, 2.75) is 326 Å². The average Bonchev–Trinajstić information content (AvgIpc) is 1.63. The number of carbonyl (C=O) groups excluding carboxylic acids is 3. The highest BCUT2D eigenvalue weighted by atomic mass is 79.9. The molecule has 23 atom stereocenters. The van der Waals surface area contributed by atoms with Crippen molar-refractivity contribution >= 4 is 90.7 Å². The van der Waals surface area contributed by atoms with Gasteiger partial charge in [0.05, 0.1) is 48.0 Å². The fourth-order valence-corrected chi connectivity index (χ4v) is 25.4. The smallest absolute Gasteiger partial charge is 0.311 e. The quantitative estimate of drug-likeness (QED) is 0.0175. The molecule has 12 rings (SSSR count). The molecule has 596 valence electrons. The molecule has 0 aromatic rings. The van der Waals surface area contributed by atoms with Crippen LogP contribution in [0.5, 0.6) is 0 Å². The molecule has 3 saturated heterocycles. The van der Waals surface area contributed by atoms with Gasteiger partial charge in [-0.15, -0.1) is 18.9 Å². The maximum Gasteiger partial charge on any atom is 0.311 e. The molecule has 0 spiro atoms. The molecular formula is C90H143Br3O10S2. The summed E-state index contributed by atoms with van der Waals surface area (Å²) >= 11 is 15.3. The van der Waals surface area contributed by atoms with Crippen molar-refractivity contribution in [3.8, 4) is 12.3 Å². The molecule has 15 heteroatoms. The van der Waals surface area contributed by atoms with Gasteiger partial charge in [0.1, 0.15) is 18.5 Å². The van der Waals surface area contributed by atoms with Crippen molar-refractivity contribution in [3.63, 3.8) is 0 Å². The van der Waals surface area contributed by atoms with E-state index in [9.17, 15) is 24.6 Å². The zero-order chi connectivity index (χ0) is 78.1. The molecule has 9 aliphatic carbocycles. The van der Waals surface area contributed by atoms with Gasteiger partial charge in [0.2, 0.25) is 1.43 Å². The molecule has 0 bridgehead atoms. The standard InChI is InChI=1S/C28H42O4.C20H31BrO2.C16H25BrO.C15H23BrO.C9H14O2S.CH4S.CH4/c1-17(13-22-16-27(3,4)26(31)32-22)23-10-11-24-19(7-6-12-28(23,24)5)8-9-20-14-21(29)15-25(30)18(20)2;1-13(10-15-11-19(2,3)18(22)23-15)16-7-8-17-14(12-21)6-5-9-20(16,17)4;1-11(8-13-10-18-13)14-5-6-15-12(9-17)4-3-7-16(14,15)2;1-11(7-9-17)13-5-6-14-12(10-16)4-3-8-15(13,14)2;1-4-6-9(11-12-3)7-8(10)5-2;1-2;/h8-9,17,21-25,29-30H,2,6-7,10-16H2,1,3-5H3;12-13,15-17H,5-11H2,1-4H3;9,11,13-15H,3-8,10H2,1-2H3;9-11,13-14H,3-8H2,1-2H3;1,5,8-10H,2,6-7H2,3H3;2H,1H3;1H4/b19-8+,20-9-;14-12+;12-9+;12-10+;;;/t17-,21-,22?,23-,24?,25+,28-;13-,15?,16-,17?,20-;11-,13?,14-,15?,16-;11-,13-,14?,15-;8-,9-;;/m11111../s1/i;;;;3T,10T;;. The van der Waals surface area contributed by atoms with Gasteiger partial charge in [-0.2, -0.15) is 12.6 Å². The molecule has 0 aromatic heterocycles. The minimum absolute atomic E-state index is 0. The van der Waals surface area contributed by atoms with Crippen LogP contribution in [-0.4, -0.2) is 96.8 Å². The number of epoxide rings is 1. The number of carbonyl (C=O) groups is 3. The second-order valence-corrected chi connectivity index (χ2v) is 38.3. The van der Waals surface area contributed by atoms with Crippen LogP contribution in [0.4, 0.5) is 0 Å². The number of aldehydes is 1. The van der Waals surface area contributed by atoms with E-state index in [0.29, 0.717) is 83.0 Å². The molecule has 105 heavy (non-hydrogen) atoms. The number of rotatable bonds is 20. The van der Waals surface area contributed by atoms with Crippen molar-refractivity contribution in [3.05, 3.63) is 79.8 Å². The van der Waals surface area contributed by atoms with Crippen LogP contribution in [0.15, 0.2) is 79.8 Å². The summed E-state index contributed by atoms with van der Waals surface area (Å²) in [7, 11) is 0. The molecule has 0 amide bonds. The summed E-state index contributed by atoms with van der Waals surface area (Å²) in [6.07, 6.45) is 47.0. The number of cyclic esters (lactones) is 2. The van der Waals surface area contributed by atoms with Crippen molar-refractivity contribution < 1.29 is 49.5 Å². The Hall–Kier alpha value is -1.71. The average molecular weight is 1690 g/mol. The highest BCUT2D eigenvalue weighted by Crippen LogP contribution is 2.64. The van der Waals surface area contributed by atoms with E-state index in [4.69, 9.17) is 27.6 Å². The van der Waals surface area contributed by atoms with Gasteiger partial charge in [-0.25, -0.2) is 0 Å². The van der Waals surface area contributed by atoms with Gasteiger partial charge in [-0.3, -0.25) is 9.59 Å². The van der Waals surface area contributed by atoms with Crippen molar-refractivity contribution in [1.82, 2.24) is 0 Å². The lowest BCUT2D eigenvalue weighted by atomic mass is 9.60. The lowest BCUT2D eigenvalue weighted by Crippen LogP contribution is -2.36. The van der Waals surface area contributed by atoms with Crippen LogP contribution in [0.3, 0.4) is 0 Å². The van der Waals surface area contributed by atoms with Gasteiger partial charge in [0.25, 0.3) is 0 Å². The van der Waals surface area contributed by atoms with Crippen LogP contribution in [0, 0.1) is 116 Å². The van der Waals surface area contributed by atoms with Gasteiger partial charge < -0.3 is 38.5 Å². The Kier molecular flexibility index (Phi) is 35.0. The Morgan fingerprint density at radius 3 is 1.39 bits per heavy atom. The zero-order valence-corrected chi connectivity index (χ0v) is 72.7. The van der Waals surface area contributed by atoms with Crippen LogP contribution >= 0.6 is 72.5 Å². The number of halogens is 3.